The molecule has 118 valence electrons. The molecule has 2 heterocycles. The Bertz CT molecular complexity index is 618. The Balaban J connectivity index is 2.06. The highest BCUT2D eigenvalue weighted by atomic mass is 32.2. The van der Waals surface area contributed by atoms with Crippen LogP contribution in [0.25, 0.3) is 0 Å². The van der Waals surface area contributed by atoms with E-state index in [1.54, 1.807) is 6.92 Å². The number of hydrogen-bond donors (Lipinski definition) is 3. The minimum atomic E-state index is -3.52. The van der Waals surface area contributed by atoms with E-state index in [0.717, 1.165) is 0 Å². The average molecular weight is 316 g/mol. The second-order valence-corrected chi connectivity index (χ2v) is 6.91. The van der Waals surface area contributed by atoms with Crippen LogP contribution in [-0.2, 0) is 10.0 Å². The maximum atomic E-state index is 12.5. The fourth-order valence-corrected chi connectivity index (χ4v) is 3.88. The number of rotatable bonds is 4. The number of nitrogens with one attached hydrogen (secondary N) is 1. The van der Waals surface area contributed by atoms with Crippen LogP contribution < -0.4 is 5.73 Å². The summed E-state index contributed by atoms with van der Waals surface area (Å²) in [6, 6.07) is -0.226. The van der Waals surface area contributed by atoms with E-state index in [1.165, 1.54) is 10.5 Å². The van der Waals surface area contributed by atoms with E-state index in [0.29, 0.717) is 31.9 Å². The highest BCUT2D eigenvalue weighted by Gasteiger charge is 2.32. The van der Waals surface area contributed by atoms with Gasteiger partial charge in [0.05, 0.1) is 17.9 Å². The van der Waals surface area contributed by atoms with Crippen molar-refractivity contribution >= 4 is 15.9 Å². The molecule has 0 saturated carbocycles. The van der Waals surface area contributed by atoms with Gasteiger partial charge >= 0.3 is 0 Å². The van der Waals surface area contributed by atoms with Crippen molar-refractivity contribution < 1.29 is 13.6 Å². The Morgan fingerprint density at radius 2 is 2.10 bits per heavy atom. The van der Waals surface area contributed by atoms with Gasteiger partial charge < -0.3 is 10.9 Å². The monoisotopic (exact) mass is 316 g/mol. The lowest BCUT2D eigenvalue weighted by Gasteiger charge is -2.36. The molecule has 0 aliphatic carbocycles. The molecule has 1 aliphatic heterocycles. The van der Waals surface area contributed by atoms with Crippen LogP contribution in [0, 0.1) is 6.92 Å². The van der Waals surface area contributed by atoms with Crippen molar-refractivity contribution in [1.82, 2.24) is 19.4 Å². The average Bonchev–Trinajstić information content (AvgIpc) is 2.92. The fourth-order valence-electron chi connectivity index (χ4n) is 2.34. The predicted molar refractivity (Wildman–Crippen MR) is 76.5 cm³/mol. The summed E-state index contributed by atoms with van der Waals surface area (Å²) >= 11 is 0. The molecule has 2 rings (SSSR count). The summed E-state index contributed by atoms with van der Waals surface area (Å²) in [4.78, 5) is 2.18. The largest absolute Gasteiger partial charge is 0.409 e. The quantitative estimate of drug-likeness (QED) is 0.287. The van der Waals surface area contributed by atoms with Crippen molar-refractivity contribution in [3.8, 4) is 0 Å². The first-order valence-electron chi connectivity index (χ1n) is 6.59. The number of amidine groups is 1. The van der Waals surface area contributed by atoms with Crippen LogP contribution in [0.15, 0.2) is 16.2 Å². The van der Waals surface area contributed by atoms with Crippen molar-refractivity contribution in [3.05, 3.63) is 11.9 Å². The number of H-pyrrole nitrogens is 1. The van der Waals surface area contributed by atoms with E-state index in [-0.39, 0.29) is 16.8 Å². The molecule has 1 aromatic heterocycles. The zero-order chi connectivity index (χ0) is 15.6. The lowest BCUT2D eigenvalue weighted by Crippen LogP contribution is -2.54. The van der Waals surface area contributed by atoms with Crippen molar-refractivity contribution in [2.24, 2.45) is 10.9 Å². The number of sulfonamides is 1. The maximum Gasteiger partial charge on any atom is 0.246 e. The number of hydrogen-bond acceptors (Lipinski definition) is 6. The van der Waals surface area contributed by atoms with Gasteiger partial charge in [0, 0.05) is 26.2 Å². The van der Waals surface area contributed by atoms with E-state index < -0.39 is 10.0 Å². The summed E-state index contributed by atoms with van der Waals surface area (Å²) in [5, 5.41) is 18.1. The van der Waals surface area contributed by atoms with Crippen LogP contribution in [0.5, 0.6) is 0 Å². The molecule has 10 heteroatoms. The van der Waals surface area contributed by atoms with E-state index in [1.807, 2.05) is 11.8 Å². The molecule has 0 bridgehead atoms. The molecule has 1 saturated heterocycles. The Kier molecular flexibility index (Phi) is 4.49. The number of aryl methyl sites for hydroxylation is 1. The molecule has 1 unspecified atom stereocenters. The van der Waals surface area contributed by atoms with Gasteiger partial charge in [-0.25, -0.2) is 8.42 Å². The summed E-state index contributed by atoms with van der Waals surface area (Å²) in [6.45, 7) is 5.25. The predicted octanol–water partition coefficient (Wildman–Crippen LogP) is -0.841. The number of nitrogens with zero attached hydrogens (tertiary/aromatic N) is 4. The third kappa shape index (κ3) is 3.01. The third-order valence-corrected chi connectivity index (χ3v) is 5.78. The molecule has 0 amide bonds. The molecule has 4 N–H and O–H groups in total. The lowest BCUT2D eigenvalue weighted by molar-refractivity contribution is 0.171. The maximum absolute atomic E-state index is 12.5. The summed E-state index contributed by atoms with van der Waals surface area (Å²) in [5.41, 5.74) is 6.11. The molecule has 21 heavy (non-hydrogen) atoms. The first-order valence-corrected chi connectivity index (χ1v) is 8.03. The number of nitrogens with two attached hydrogens (primary N) is 1. The summed E-state index contributed by atoms with van der Waals surface area (Å²) in [7, 11) is -3.52. The Morgan fingerprint density at radius 1 is 1.48 bits per heavy atom. The van der Waals surface area contributed by atoms with Crippen molar-refractivity contribution in [3.63, 3.8) is 0 Å². The topological polar surface area (TPSA) is 128 Å². The van der Waals surface area contributed by atoms with Crippen molar-refractivity contribution in [2.45, 2.75) is 24.8 Å². The summed E-state index contributed by atoms with van der Waals surface area (Å²) in [6.07, 6.45) is 1.33. The molecule has 1 aliphatic rings. The van der Waals surface area contributed by atoms with Crippen molar-refractivity contribution in [2.75, 3.05) is 26.2 Å². The van der Waals surface area contributed by atoms with Gasteiger partial charge in [-0.15, -0.1) is 0 Å². The van der Waals surface area contributed by atoms with Crippen LogP contribution in [0.2, 0.25) is 0 Å². The molecule has 9 nitrogen and oxygen atoms in total. The van der Waals surface area contributed by atoms with Gasteiger partial charge in [-0.2, -0.15) is 9.40 Å². The van der Waals surface area contributed by atoms with Gasteiger partial charge in [0.15, 0.2) is 5.84 Å². The van der Waals surface area contributed by atoms with Gasteiger partial charge in [0.1, 0.15) is 4.90 Å². The fraction of sp³-hybridized carbons (Fsp3) is 0.636. The molecule has 0 aromatic carbocycles. The molecule has 0 spiro atoms. The second-order valence-electron chi connectivity index (χ2n) is 5.00. The minimum absolute atomic E-state index is 0.122. The molecule has 0 radical (unpaired) electrons. The normalized spacial score (nSPS) is 20.6. The highest BCUT2D eigenvalue weighted by molar-refractivity contribution is 7.89. The van der Waals surface area contributed by atoms with E-state index in [2.05, 4.69) is 15.4 Å². The second kappa shape index (κ2) is 6.00. The molecule has 1 atom stereocenters. The zero-order valence-corrected chi connectivity index (χ0v) is 12.8. The van der Waals surface area contributed by atoms with Crippen LogP contribution in [0.4, 0.5) is 0 Å². The summed E-state index contributed by atoms with van der Waals surface area (Å²) < 4.78 is 26.4. The van der Waals surface area contributed by atoms with Gasteiger partial charge in [-0.3, -0.25) is 10.00 Å². The number of piperazine rings is 1. The van der Waals surface area contributed by atoms with Gasteiger partial charge in [-0.05, 0) is 13.8 Å². The first-order chi connectivity index (χ1) is 9.87. The Labute approximate surface area is 123 Å². The third-order valence-electron chi connectivity index (χ3n) is 3.77. The SMILES string of the molecule is Cc1[nH]ncc1S(=O)(=O)N1CCN(C(C)C(N)=NO)CC1. The highest BCUT2D eigenvalue weighted by Crippen LogP contribution is 2.19. The lowest BCUT2D eigenvalue weighted by atomic mass is 10.2. The van der Waals surface area contributed by atoms with Gasteiger partial charge in [0.25, 0.3) is 0 Å². The van der Waals surface area contributed by atoms with E-state index >= 15 is 0 Å². The van der Waals surface area contributed by atoms with E-state index in [9.17, 15) is 8.42 Å². The van der Waals surface area contributed by atoms with Crippen molar-refractivity contribution in [1.29, 1.82) is 0 Å². The molecular weight excluding hydrogens is 296 g/mol. The van der Waals surface area contributed by atoms with E-state index in [4.69, 9.17) is 10.9 Å². The number of aromatic nitrogens is 2. The van der Waals surface area contributed by atoms with Crippen LogP contribution in [-0.4, -0.2) is 71.1 Å². The van der Waals surface area contributed by atoms with Crippen LogP contribution in [0.1, 0.15) is 12.6 Å². The standard InChI is InChI=1S/C11H20N6O3S/c1-8-10(7-13-14-8)21(19,20)17-5-3-16(4-6-17)9(2)11(12)15-18/h7,9,18H,3-6H2,1-2H3,(H2,12,15)(H,13,14). The molecular formula is C11H20N6O3S. The first kappa shape index (κ1) is 15.7. The minimum Gasteiger partial charge on any atom is -0.409 e. The smallest absolute Gasteiger partial charge is 0.246 e. The zero-order valence-electron chi connectivity index (χ0n) is 12.0. The van der Waals surface area contributed by atoms with Gasteiger partial charge in [0.2, 0.25) is 10.0 Å². The Hall–Kier alpha value is -1.65. The summed E-state index contributed by atoms with van der Waals surface area (Å²) in [5.74, 6) is 0.122. The number of oxime groups is 1. The van der Waals surface area contributed by atoms with Gasteiger partial charge in [-0.1, -0.05) is 5.16 Å². The molecule has 1 aromatic rings. The van der Waals surface area contributed by atoms with Crippen LogP contribution >= 0.6 is 0 Å². The molecule has 1 fully saturated rings. The van der Waals surface area contributed by atoms with Crippen LogP contribution in [0.3, 0.4) is 0 Å². The Morgan fingerprint density at radius 3 is 2.57 bits per heavy atom. The number of aromatic amines is 1.